The van der Waals surface area contributed by atoms with Crippen LogP contribution in [0.3, 0.4) is 0 Å². The molecule has 0 radical (unpaired) electrons. The number of carbonyl (C=O) groups is 2. The van der Waals surface area contributed by atoms with Crippen molar-refractivity contribution in [3.63, 3.8) is 0 Å². The number of para-hydroxylation sites is 1. The second-order valence-corrected chi connectivity index (χ2v) is 9.85. The Balaban J connectivity index is 1.18. The van der Waals surface area contributed by atoms with Crippen molar-refractivity contribution in [2.24, 2.45) is 10.1 Å². The van der Waals surface area contributed by atoms with Gasteiger partial charge < -0.3 is 14.4 Å². The molecule has 1 saturated heterocycles. The Hall–Kier alpha value is -3.92. The summed E-state index contributed by atoms with van der Waals surface area (Å²) >= 11 is 1.17. The van der Waals surface area contributed by atoms with E-state index in [0.717, 1.165) is 42.8 Å². The summed E-state index contributed by atoms with van der Waals surface area (Å²) in [5.41, 5.74) is 1.94. The van der Waals surface area contributed by atoms with Crippen LogP contribution >= 0.6 is 11.8 Å². The summed E-state index contributed by atoms with van der Waals surface area (Å²) < 4.78 is 11.5. The molecular weight excluding hydrogens is 490 g/mol. The van der Waals surface area contributed by atoms with Crippen LogP contribution in [0, 0.1) is 12.3 Å². The molecule has 0 aliphatic carbocycles. The quantitative estimate of drug-likeness (QED) is 0.418. The molecular formula is C27H27N5O4S. The van der Waals surface area contributed by atoms with Crippen LogP contribution in [-0.2, 0) is 9.59 Å². The standard InChI is InChI=1S/C27H27N5O4S/c1-18-6-2-3-7-22(18)36-15-14-35-20-10-8-19(9-11-20)16-21-25(28)32-27(29-26(21)34)37-23(30-32)17-24(33)31-12-4-5-13-31/h2-3,6-11,16,28H,4-5,12-15,17H2,1H3. The summed E-state index contributed by atoms with van der Waals surface area (Å²) in [7, 11) is 0. The number of hydrogen-bond donors (Lipinski definition) is 1. The zero-order chi connectivity index (χ0) is 25.8. The van der Waals surface area contributed by atoms with Gasteiger partial charge in [-0.05, 0) is 66.9 Å². The van der Waals surface area contributed by atoms with Crippen molar-refractivity contribution >= 4 is 45.7 Å². The SMILES string of the molecule is Cc1ccccc1OCCOc1ccc(C=C2C(=N)N3N=C(CC(=O)N4CCCC4)SC3=NC2=O)cc1. The number of aryl methyl sites for hydroxylation is 1. The predicted molar refractivity (Wildman–Crippen MR) is 144 cm³/mol. The van der Waals surface area contributed by atoms with Gasteiger partial charge in [-0.1, -0.05) is 30.3 Å². The molecule has 3 heterocycles. The molecule has 3 aliphatic heterocycles. The van der Waals surface area contributed by atoms with Crippen LogP contribution in [0.1, 0.15) is 30.4 Å². The van der Waals surface area contributed by atoms with E-state index in [-0.39, 0.29) is 23.7 Å². The first-order valence-electron chi connectivity index (χ1n) is 12.2. The number of carbonyl (C=O) groups excluding carboxylic acids is 2. The maximum Gasteiger partial charge on any atom is 0.283 e. The highest BCUT2D eigenvalue weighted by Gasteiger charge is 2.36. The van der Waals surface area contributed by atoms with Gasteiger partial charge in [0.2, 0.25) is 11.1 Å². The van der Waals surface area contributed by atoms with Crippen molar-refractivity contribution in [3.05, 3.63) is 65.2 Å². The van der Waals surface area contributed by atoms with Crippen LogP contribution in [0.15, 0.2) is 64.2 Å². The fourth-order valence-corrected chi connectivity index (χ4v) is 5.04. The van der Waals surface area contributed by atoms with Crippen LogP contribution in [0.4, 0.5) is 0 Å². The third-order valence-electron chi connectivity index (χ3n) is 6.15. The molecule has 3 aliphatic rings. The van der Waals surface area contributed by atoms with Crippen molar-refractivity contribution in [1.29, 1.82) is 5.41 Å². The molecule has 0 aromatic heterocycles. The molecule has 0 unspecified atom stereocenters. The molecule has 0 bridgehead atoms. The van der Waals surface area contributed by atoms with Gasteiger partial charge in [0, 0.05) is 13.1 Å². The topological polar surface area (TPSA) is 108 Å². The highest BCUT2D eigenvalue weighted by molar-refractivity contribution is 8.27. The maximum absolute atomic E-state index is 12.7. The van der Waals surface area contributed by atoms with Gasteiger partial charge in [0.05, 0.1) is 12.0 Å². The molecule has 5 rings (SSSR count). The normalized spacial score (nSPS) is 18.1. The smallest absolute Gasteiger partial charge is 0.283 e. The second kappa shape index (κ2) is 11.0. The van der Waals surface area contributed by atoms with Crippen LogP contribution in [0.2, 0.25) is 0 Å². The molecule has 2 aromatic rings. The Morgan fingerprint density at radius 3 is 2.57 bits per heavy atom. The third-order valence-corrected chi connectivity index (χ3v) is 7.06. The number of hydrazone groups is 1. The minimum atomic E-state index is -0.500. The van der Waals surface area contributed by atoms with Crippen molar-refractivity contribution in [1.82, 2.24) is 9.91 Å². The minimum Gasteiger partial charge on any atom is -0.490 e. The van der Waals surface area contributed by atoms with E-state index in [9.17, 15) is 9.59 Å². The second-order valence-electron chi connectivity index (χ2n) is 8.81. The Bertz CT molecular complexity index is 1310. The summed E-state index contributed by atoms with van der Waals surface area (Å²) in [5, 5.41) is 15.1. The predicted octanol–water partition coefficient (Wildman–Crippen LogP) is 4.08. The lowest BCUT2D eigenvalue weighted by Crippen LogP contribution is -2.35. The number of amidine groups is 2. The molecule has 9 nitrogen and oxygen atoms in total. The molecule has 0 atom stereocenters. The number of fused-ring (bicyclic) bond motifs is 1. The Kier molecular flexibility index (Phi) is 7.36. The summed E-state index contributed by atoms with van der Waals surface area (Å²) in [6, 6.07) is 15.1. The number of benzene rings is 2. The summed E-state index contributed by atoms with van der Waals surface area (Å²) in [6.07, 6.45) is 3.81. The number of nitrogens with one attached hydrogen (secondary N) is 1. The molecule has 2 amide bonds. The van der Waals surface area contributed by atoms with Crippen LogP contribution in [-0.4, -0.2) is 64.1 Å². The fraction of sp³-hybridized carbons (Fsp3) is 0.296. The van der Waals surface area contributed by atoms with Gasteiger partial charge in [0.1, 0.15) is 29.8 Å². The van der Waals surface area contributed by atoms with Gasteiger partial charge in [-0.2, -0.15) is 15.1 Å². The monoisotopic (exact) mass is 517 g/mol. The van der Waals surface area contributed by atoms with Crippen molar-refractivity contribution in [3.8, 4) is 11.5 Å². The first-order chi connectivity index (χ1) is 18.0. The number of likely N-dealkylation sites (tertiary alicyclic amines) is 1. The van der Waals surface area contributed by atoms with Crippen LogP contribution < -0.4 is 9.47 Å². The van der Waals surface area contributed by atoms with Crippen molar-refractivity contribution < 1.29 is 19.1 Å². The van der Waals surface area contributed by atoms with Gasteiger partial charge >= 0.3 is 0 Å². The highest BCUT2D eigenvalue weighted by Crippen LogP contribution is 2.30. The van der Waals surface area contributed by atoms with E-state index in [2.05, 4.69) is 10.1 Å². The Labute approximate surface area is 219 Å². The lowest BCUT2D eigenvalue weighted by Gasteiger charge is -2.20. The van der Waals surface area contributed by atoms with Crippen molar-refractivity contribution in [2.75, 3.05) is 26.3 Å². The summed E-state index contributed by atoms with van der Waals surface area (Å²) in [4.78, 5) is 31.1. The van der Waals surface area contributed by atoms with Gasteiger partial charge in [0.25, 0.3) is 5.91 Å². The lowest BCUT2D eigenvalue weighted by atomic mass is 10.1. The van der Waals surface area contributed by atoms with E-state index in [1.165, 1.54) is 16.8 Å². The van der Waals surface area contributed by atoms with Crippen molar-refractivity contribution in [2.45, 2.75) is 26.2 Å². The molecule has 0 spiro atoms. The zero-order valence-corrected chi connectivity index (χ0v) is 21.3. The first kappa shape index (κ1) is 24.8. The molecule has 190 valence electrons. The number of rotatable bonds is 8. The number of amides is 2. The molecule has 1 N–H and O–H groups in total. The highest BCUT2D eigenvalue weighted by atomic mass is 32.2. The molecule has 2 aromatic carbocycles. The van der Waals surface area contributed by atoms with Gasteiger partial charge in [-0.25, -0.2) is 0 Å². The lowest BCUT2D eigenvalue weighted by molar-refractivity contribution is -0.128. The van der Waals surface area contributed by atoms with Gasteiger partial charge in [-0.3, -0.25) is 15.0 Å². The molecule has 1 fully saturated rings. The van der Waals surface area contributed by atoms with E-state index in [4.69, 9.17) is 14.9 Å². The number of nitrogens with zero attached hydrogens (tertiary/aromatic N) is 4. The Morgan fingerprint density at radius 2 is 1.81 bits per heavy atom. The van der Waals surface area contributed by atoms with Gasteiger partial charge in [0.15, 0.2) is 5.84 Å². The van der Waals surface area contributed by atoms with Crippen LogP contribution in [0.5, 0.6) is 11.5 Å². The number of hydrogen-bond acceptors (Lipinski definition) is 7. The zero-order valence-electron chi connectivity index (χ0n) is 20.5. The van der Waals surface area contributed by atoms with E-state index < -0.39 is 5.91 Å². The summed E-state index contributed by atoms with van der Waals surface area (Å²) in [5.74, 6) is 0.972. The van der Waals surface area contributed by atoms with E-state index >= 15 is 0 Å². The molecule has 0 saturated carbocycles. The maximum atomic E-state index is 12.7. The van der Waals surface area contributed by atoms with Crippen LogP contribution in [0.25, 0.3) is 6.08 Å². The average Bonchev–Trinajstić information content (AvgIpc) is 3.57. The fourth-order valence-electron chi connectivity index (χ4n) is 4.17. The molecule has 37 heavy (non-hydrogen) atoms. The Morgan fingerprint density at radius 1 is 1.08 bits per heavy atom. The number of thioether (sulfide) groups is 1. The third kappa shape index (κ3) is 5.75. The largest absolute Gasteiger partial charge is 0.490 e. The average molecular weight is 518 g/mol. The van der Waals surface area contributed by atoms with E-state index in [1.54, 1.807) is 18.2 Å². The van der Waals surface area contributed by atoms with Gasteiger partial charge in [-0.15, -0.1) is 0 Å². The first-order valence-corrected chi connectivity index (χ1v) is 13.0. The number of ether oxygens (including phenoxy) is 2. The summed E-state index contributed by atoms with van der Waals surface area (Å²) in [6.45, 7) is 4.35. The van der Waals surface area contributed by atoms with E-state index in [1.807, 2.05) is 48.2 Å². The van der Waals surface area contributed by atoms with E-state index in [0.29, 0.717) is 29.2 Å². The minimum absolute atomic E-state index is 0.0156. The molecule has 10 heteroatoms. The number of aliphatic imine (C=N–C) groups is 1.